The highest BCUT2D eigenvalue weighted by molar-refractivity contribution is 9.10. The molecule has 0 saturated heterocycles. The summed E-state index contributed by atoms with van der Waals surface area (Å²) < 4.78 is 17.4. The summed E-state index contributed by atoms with van der Waals surface area (Å²) in [5.41, 5.74) is 2.74. The first-order chi connectivity index (χ1) is 17.0. The van der Waals surface area contributed by atoms with Crippen LogP contribution < -0.4 is 15.4 Å². The lowest BCUT2D eigenvalue weighted by Gasteiger charge is -2.30. The fourth-order valence-electron chi connectivity index (χ4n) is 3.99. The summed E-state index contributed by atoms with van der Waals surface area (Å²) in [5, 5.41) is 0.963. The Balaban J connectivity index is 1.81. The summed E-state index contributed by atoms with van der Waals surface area (Å²) >= 11 is 3.39. The Morgan fingerprint density at radius 3 is 2.49 bits per heavy atom. The molecule has 1 amide bonds. The SMILES string of the molecule is COc1ccc(CN(C(=O)c2ccc(Br)c(OC)n2)C(CON)c2oc3ccccc3c2C)cc1. The first-order valence-corrected chi connectivity index (χ1v) is 11.7. The van der Waals surface area contributed by atoms with Crippen LogP contribution in [0.15, 0.2) is 69.6 Å². The Morgan fingerprint density at radius 1 is 1.09 bits per heavy atom. The predicted octanol–water partition coefficient (Wildman–Crippen LogP) is 5.19. The number of methoxy groups -OCH3 is 2. The van der Waals surface area contributed by atoms with Gasteiger partial charge in [0.15, 0.2) is 0 Å². The molecule has 0 spiro atoms. The van der Waals surface area contributed by atoms with Gasteiger partial charge in [-0.15, -0.1) is 0 Å². The van der Waals surface area contributed by atoms with Crippen molar-refractivity contribution in [1.82, 2.24) is 9.88 Å². The lowest BCUT2D eigenvalue weighted by molar-refractivity contribution is 0.0338. The molecule has 2 aromatic heterocycles. The molecular weight excluding hydrogens is 514 g/mol. The van der Waals surface area contributed by atoms with Crippen LogP contribution in [0.25, 0.3) is 11.0 Å². The number of rotatable bonds is 9. The number of fused-ring (bicyclic) bond motifs is 1. The maximum Gasteiger partial charge on any atom is 0.273 e. The quantitative estimate of drug-likeness (QED) is 0.292. The average molecular weight is 540 g/mol. The number of aromatic nitrogens is 1. The van der Waals surface area contributed by atoms with Crippen molar-refractivity contribution in [3.63, 3.8) is 0 Å². The van der Waals surface area contributed by atoms with E-state index in [9.17, 15) is 4.79 Å². The fraction of sp³-hybridized carbons (Fsp3) is 0.231. The molecule has 0 aliphatic rings. The van der Waals surface area contributed by atoms with Crippen LogP contribution in [0, 0.1) is 6.92 Å². The van der Waals surface area contributed by atoms with Gasteiger partial charge in [0.05, 0.1) is 25.3 Å². The van der Waals surface area contributed by atoms with E-state index in [1.54, 1.807) is 24.1 Å². The van der Waals surface area contributed by atoms with Crippen LogP contribution >= 0.6 is 15.9 Å². The Labute approximate surface area is 211 Å². The number of nitrogens with zero attached hydrogens (tertiary/aromatic N) is 2. The maximum atomic E-state index is 13.9. The second-order valence-corrected chi connectivity index (χ2v) is 8.76. The van der Waals surface area contributed by atoms with Crippen molar-refractivity contribution in [2.45, 2.75) is 19.5 Å². The van der Waals surface area contributed by atoms with Crippen molar-refractivity contribution in [1.29, 1.82) is 0 Å². The van der Waals surface area contributed by atoms with Crippen LogP contribution in [0.5, 0.6) is 11.6 Å². The van der Waals surface area contributed by atoms with E-state index in [-0.39, 0.29) is 24.8 Å². The van der Waals surface area contributed by atoms with E-state index in [1.807, 2.05) is 55.5 Å². The van der Waals surface area contributed by atoms with Crippen LogP contribution in [-0.2, 0) is 11.4 Å². The minimum Gasteiger partial charge on any atom is -0.497 e. The molecule has 2 heterocycles. The molecule has 0 aliphatic carbocycles. The molecule has 0 radical (unpaired) electrons. The predicted molar refractivity (Wildman–Crippen MR) is 135 cm³/mol. The largest absolute Gasteiger partial charge is 0.497 e. The third kappa shape index (κ3) is 5.17. The van der Waals surface area contributed by atoms with E-state index in [0.29, 0.717) is 16.1 Å². The van der Waals surface area contributed by atoms with Gasteiger partial charge in [0.2, 0.25) is 5.88 Å². The molecule has 8 nitrogen and oxygen atoms in total. The van der Waals surface area contributed by atoms with Gasteiger partial charge in [0.1, 0.15) is 28.8 Å². The van der Waals surface area contributed by atoms with Crippen molar-refractivity contribution in [3.8, 4) is 11.6 Å². The summed E-state index contributed by atoms with van der Waals surface area (Å²) in [6.07, 6.45) is 0. The van der Waals surface area contributed by atoms with E-state index in [2.05, 4.69) is 20.9 Å². The Hall–Kier alpha value is -3.40. The molecule has 35 heavy (non-hydrogen) atoms. The molecule has 1 unspecified atom stereocenters. The molecule has 4 rings (SSSR count). The number of carbonyl (C=O) groups is 1. The Morgan fingerprint density at radius 2 is 1.83 bits per heavy atom. The van der Waals surface area contributed by atoms with E-state index < -0.39 is 6.04 Å². The van der Waals surface area contributed by atoms with E-state index in [1.165, 1.54) is 7.11 Å². The number of halogens is 1. The van der Waals surface area contributed by atoms with Crippen LogP contribution in [0.2, 0.25) is 0 Å². The van der Waals surface area contributed by atoms with Crippen LogP contribution in [0.4, 0.5) is 0 Å². The minimum atomic E-state index is -0.613. The summed E-state index contributed by atoms with van der Waals surface area (Å²) in [6, 6.07) is 18.0. The van der Waals surface area contributed by atoms with Gasteiger partial charge < -0.3 is 23.6 Å². The smallest absolute Gasteiger partial charge is 0.273 e. The molecule has 182 valence electrons. The highest BCUT2D eigenvalue weighted by Crippen LogP contribution is 2.34. The van der Waals surface area contributed by atoms with E-state index >= 15 is 0 Å². The van der Waals surface area contributed by atoms with Gasteiger partial charge in [-0.25, -0.2) is 10.9 Å². The van der Waals surface area contributed by atoms with Crippen LogP contribution in [-0.4, -0.2) is 36.6 Å². The number of furan rings is 1. The zero-order chi connectivity index (χ0) is 24.9. The molecule has 0 saturated carbocycles. The van der Waals surface area contributed by atoms with Crippen molar-refractivity contribution in [2.24, 2.45) is 5.90 Å². The number of pyridine rings is 1. The number of ether oxygens (including phenoxy) is 2. The Bertz CT molecular complexity index is 1320. The van der Waals surface area contributed by atoms with E-state index in [4.69, 9.17) is 24.6 Å². The average Bonchev–Trinajstić information content (AvgIpc) is 3.22. The first-order valence-electron chi connectivity index (χ1n) is 10.9. The zero-order valence-electron chi connectivity index (χ0n) is 19.7. The lowest BCUT2D eigenvalue weighted by Crippen LogP contribution is -2.38. The van der Waals surface area contributed by atoms with Gasteiger partial charge in [-0.1, -0.05) is 30.3 Å². The highest BCUT2D eigenvalue weighted by Gasteiger charge is 2.32. The number of nitrogens with two attached hydrogens (primary N) is 1. The van der Waals surface area contributed by atoms with Gasteiger partial charge in [-0.05, 0) is 58.7 Å². The molecule has 4 aromatic rings. The zero-order valence-corrected chi connectivity index (χ0v) is 21.2. The number of para-hydroxylation sites is 1. The molecule has 1 atom stereocenters. The number of hydrogen-bond donors (Lipinski definition) is 1. The van der Waals surface area contributed by atoms with Gasteiger partial charge in [-0.3, -0.25) is 4.79 Å². The summed E-state index contributed by atoms with van der Waals surface area (Å²) in [4.78, 5) is 25.0. The number of aryl methyl sites for hydroxylation is 1. The third-order valence-electron chi connectivity index (χ3n) is 5.81. The summed E-state index contributed by atoms with van der Waals surface area (Å²) in [6.45, 7) is 2.24. The van der Waals surface area contributed by atoms with Crippen LogP contribution in [0.1, 0.15) is 33.4 Å². The van der Waals surface area contributed by atoms with Crippen LogP contribution in [0.3, 0.4) is 0 Å². The highest BCUT2D eigenvalue weighted by atomic mass is 79.9. The molecule has 9 heteroatoms. The molecule has 0 fully saturated rings. The number of benzene rings is 2. The molecule has 0 bridgehead atoms. The topological polar surface area (TPSA) is 100 Å². The number of carbonyl (C=O) groups excluding carboxylic acids is 1. The van der Waals surface area contributed by atoms with Crippen molar-refractivity contribution < 1.29 is 23.5 Å². The van der Waals surface area contributed by atoms with Gasteiger partial charge in [0, 0.05) is 17.5 Å². The monoisotopic (exact) mass is 539 g/mol. The Kier molecular flexibility index (Phi) is 7.70. The van der Waals surface area contributed by atoms with Crippen molar-refractivity contribution >= 4 is 32.8 Å². The lowest BCUT2D eigenvalue weighted by atomic mass is 10.1. The molecular formula is C26H26BrN3O5. The van der Waals surface area contributed by atoms with Gasteiger partial charge in [-0.2, -0.15) is 0 Å². The van der Waals surface area contributed by atoms with Crippen molar-refractivity contribution in [3.05, 3.63) is 87.7 Å². The second-order valence-electron chi connectivity index (χ2n) is 7.91. The second kappa shape index (κ2) is 10.9. The van der Waals surface area contributed by atoms with E-state index in [0.717, 1.165) is 27.8 Å². The molecule has 2 N–H and O–H groups in total. The van der Waals surface area contributed by atoms with Gasteiger partial charge >= 0.3 is 0 Å². The molecule has 0 aliphatic heterocycles. The normalized spacial score (nSPS) is 11.9. The maximum absolute atomic E-state index is 13.9. The summed E-state index contributed by atoms with van der Waals surface area (Å²) in [5.74, 6) is 6.86. The summed E-state index contributed by atoms with van der Waals surface area (Å²) in [7, 11) is 3.11. The van der Waals surface area contributed by atoms with Crippen molar-refractivity contribution in [2.75, 3.05) is 20.8 Å². The number of hydrogen-bond acceptors (Lipinski definition) is 7. The minimum absolute atomic E-state index is 0.0240. The van der Waals surface area contributed by atoms with Gasteiger partial charge in [0.25, 0.3) is 5.91 Å². The number of amides is 1. The first kappa shape index (κ1) is 24.7. The third-order valence-corrected chi connectivity index (χ3v) is 6.42. The standard InChI is InChI=1S/C26H26BrN3O5/c1-16-19-6-4-5-7-23(19)35-24(16)22(15-34-28)30(14-17-8-10-18(32-2)11-9-17)26(31)21-13-12-20(27)25(29-21)33-3/h4-13,22H,14-15,28H2,1-3H3. The fourth-order valence-corrected chi connectivity index (χ4v) is 4.38. The molecule has 2 aromatic carbocycles.